The molecule has 0 spiro atoms. The molecule has 1 heterocycles. The highest BCUT2D eigenvalue weighted by molar-refractivity contribution is 5.79. The van der Waals surface area contributed by atoms with Gasteiger partial charge >= 0.3 is 5.97 Å². The number of esters is 1. The van der Waals surface area contributed by atoms with Crippen LogP contribution >= 0.6 is 0 Å². The first-order chi connectivity index (χ1) is 9.24. The molecule has 1 N–H and O–H groups in total. The number of ether oxygens (including phenoxy) is 2. The van der Waals surface area contributed by atoms with E-state index in [1.165, 1.54) is 7.11 Å². The molecule has 0 aliphatic heterocycles. The number of fused-ring (bicyclic) bond motifs is 1. The first-order valence-corrected chi connectivity index (χ1v) is 5.97. The molecule has 0 amide bonds. The molecular weight excluding hydrogens is 244 g/mol. The van der Waals surface area contributed by atoms with E-state index in [4.69, 9.17) is 4.74 Å². The quantitative estimate of drug-likeness (QED) is 0.823. The maximum absolute atomic E-state index is 11.4. The third-order valence-electron chi connectivity index (χ3n) is 2.83. The number of hydrogen-bond donors (Lipinski definition) is 1. The highest BCUT2D eigenvalue weighted by atomic mass is 16.5. The average Bonchev–Trinajstić information content (AvgIpc) is 2.47. The predicted molar refractivity (Wildman–Crippen MR) is 72.1 cm³/mol. The SMILES string of the molecule is CNC(COc1ccc2cccnc2c1)C(=O)OC. The van der Waals surface area contributed by atoms with Crippen molar-refractivity contribution in [3.05, 3.63) is 36.5 Å². The smallest absolute Gasteiger partial charge is 0.326 e. The summed E-state index contributed by atoms with van der Waals surface area (Å²) in [7, 11) is 3.04. The molecule has 0 bridgehead atoms. The third kappa shape index (κ3) is 3.20. The molecule has 5 heteroatoms. The number of hydrogen-bond acceptors (Lipinski definition) is 5. The van der Waals surface area contributed by atoms with Gasteiger partial charge in [0.1, 0.15) is 18.4 Å². The molecule has 5 nitrogen and oxygen atoms in total. The summed E-state index contributed by atoms with van der Waals surface area (Å²) in [6.07, 6.45) is 1.73. The Morgan fingerprint density at radius 2 is 2.26 bits per heavy atom. The van der Waals surface area contributed by atoms with Crippen LogP contribution < -0.4 is 10.1 Å². The summed E-state index contributed by atoms with van der Waals surface area (Å²) in [6, 6.07) is 9.02. The Bertz CT molecular complexity index is 571. The van der Waals surface area contributed by atoms with Crippen molar-refractivity contribution >= 4 is 16.9 Å². The summed E-state index contributed by atoms with van der Waals surface area (Å²) >= 11 is 0. The van der Waals surface area contributed by atoms with Crippen molar-refractivity contribution in [1.82, 2.24) is 10.3 Å². The zero-order valence-electron chi connectivity index (χ0n) is 10.9. The van der Waals surface area contributed by atoms with Crippen LogP contribution in [-0.2, 0) is 9.53 Å². The van der Waals surface area contributed by atoms with Crippen molar-refractivity contribution in [2.75, 3.05) is 20.8 Å². The highest BCUT2D eigenvalue weighted by Gasteiger charge is 2.17. The van der Waals surface area contributed by atoms with Crippen molar-refractivity contribution in [3.8, 4) is 5.75 Å². The minimum atomic E-state index is -0.482. The van der Waals surface area contributed by atoms with Gasteiger partial charge < -0.3 is 14.8 Å². The normalized spacial score (nSPS) is 12.1. The first-order valence-electron chi connectivity index (χ1n) is 5.97. The van der Waals surface area contributed by atoms with E-state index in [0.717, 1.165) is 10.9 Å². The lowest BCUT2D eigenvalue weighted by Gasteiger charge is -2.14. The summed E-state index contributed by atoms with van der Waals surface area (Å²) in [5.41, 5.74) is 0.860. The Morgan fingerprint density at radius 3 is 3.00 bits per heavy atom. The van der Waals surface area contributed by atoms with Gasteiger partial charge in [0.25, 0.3) is 0 Å². The standard InChI is InChI=1S/C14H16N2O3/c1-15-13(14(17)18-2)9-19-11-6-5-10-4-3-7-16-12(10)8-11/h3-8,13,15H,9H2,1-2H3. The van der Waals surface area contributed by atoms with Crippen molar-refractivity contribution in [3.63, 3.8) is 0 Å². The first kappa shape index (κ1) is 13.3. The lowest BCUT2D eigenvalue weighted by molar-refractivity contribution is -0.143. The Morgan fingerprint density at radius 1 is 1.42 bits per heavy atom. The average molecular weight is 260 g/mol. The highest BCUT2D eigenvalue weighted by Crippen LogP contribution is 2.18. The third-order valence-corrected chi connectivity index (χ3v) is 2.83. The lowest BCUT2D eigenvalue weighted by atomic mass is 10.2. The number of carbonyl (C=O) groups excluding carboxylic acids is 1. The van der Waals surface area contributed by atoms with E-state index in [9.17, 15) is 4.79 Å². The number of nitrogens with zero attached hydrogens (tertiary/aromatic N) is 1. The number of likely N-dealkylation sites (N-methyl/N-ethyl adjacent to an activating group) is 1. The molecule has 1 aromatic carbocycles. The van der Waals surface area contributed by atoms with Crippen molar-refractivity contribution in [1.29, 1.82) is 0 Å². The minimum Gasteiger partial charge on any atom is -0.491 e. The Kier molecular flexibility index (Phi) is 4.30. The van der Waals surface area contributed by atoms with Gasteiger partial charge in [0, 0.05) is 17.6 Å². The monoisotopic (exact) mass is 260 g/mol. The van der Waals surface area contributed by atoms with Gasteiger partial charge in [-0.1, -0.05) is 6.07 Å². The maximum atomic E-state index is 11.4. The van der Waals surface area contributed by atoms with E-state index < -0.39 is 6.04 Å². The van der Waals surface area contributed by atoms with Crippen LogP contribution in [-0.4, -0.2) is 37.8 Å². The fraction of sp³-hybridized carbons (Fsp3) is 0.286. The summed E-state index contributed by atoms with van der Waals surface area (Å²) in [4.78, 5) is 15.7. The molecule has 1 atom stereocenters. The largest absolute Gasteiger partial charge is 0.491 e. The number of aromatic nitrogens is 1. The second kappa shape index (κ2) is 6.15. The van der Waals surface area contributed by atoms with Crippen molar-refractivity contribution in [2.45, 2.75) is 6.04 Å². The van der Waals surface area contributed by atoms with Gasteiger partial charge in [0.15, 0.2) is 0 Å². The van der Waals surface area contributed by atoms with Crippen LogP contribution in [0.4, 0.5) is 0 Å². The zero-order valence-corrected chi connectivity index (χ0v) is 10.9. The molecule has 0 aliphatic carbocycles. The molecule has 0 saturated carbocycles. The molecule has 2 aromatic rings. The molecule has 19 heavy (non-hydrogen) atoms. The number of benzene rings is 1. The Hall–Kier alpha value is -2.14. The molecule has 1 unspecified atom stereocenters. The maximum Gasteiger partial charge on any atom is 0.326 e. The van der Waals surface area contributed by atoms with E-state index in [1.54, 1.807) is 13.2 Å². The number of methoxy groups -OCH3 is 1. The number of carbonyl (C=O) groups is 1. The Labute approximate surface area is 111 Å². The van der Waals surface area contributed by atoms with Crippen LogP contribution in [0.3, 0.4) is 0 Å². The minimum absolute atomic E-state index is 0.210. The topological polar surface area (TPSA) is 60.5 Å². The number of pyridine rings is 1. The predicted octanol–water partition coefficient (Wildman–Crippen LogP) is 1.37. The Balaban J connectivity index is 2.07. The van der Waals surface area contributed by atoms with Crippen LogP contribution in [0.5, 0.6) is 5.75 Å². The summed E-state index contributed by atoms with van der Waals surface area (Å²) < 4.78 is 10.3. The van der Waals surface area contributed by atoms with Crippen LogP contribution in [0.2, 0.25) is 0 Å². The summed E-state index contributed by atoms with van der Waals surface area (Å²) in [6.45, 7) is 0.210. The van der Waals surface area contributed by atoms with Gasteiger partial charge in [-0.3, -0.25) is 9.78 Å². The fourth-order valence-electron chi connectivity index (χ4n) is 1.73. The fourth-order valence-corrected chi connectivity index (χ4v) is 1.73. The summed E-state index contributed by atoms with van der Waals surface area (Å²) in [5, 5.41) is 3.89. The van der Waals surface area contributed by atoms with E-state index in [0.29, 0.717) is 5.75 Å². The van der Waals surface area contributed by atoms with Crippen molar-refractivity contribution in [2.24, 2.45) is 0 Å². The molecule has 2 rings (SSSR count). The molecular formula is C14H16N2O3. The lowest BCUT2D eigenvalue weighted by Crippen LogP contribution is -2.40. The van der Waals surface area contributed by atoms with E-state index in [1.807, 2.05) is 30.3 Å². The van der Waals surface area contributed by atoms with Crippen molar-refractivity contribution < 1.29 is 14.3 Å². The van der Waals surface area contributed by atoms with Crippen LogP contribution in [0.25, 0.3) is 10.9 Å². The van der Waals surface area contributed by atoms with Crippen LogP contribution in [0.15, 0.2) is 36.5 Å². The van der Waals surface area contributed by atoms with E-state index in [-0.39, 0.29) is 12.6 Å². The van der Waals surface area contributed by atoms with E-state index >= 15 is 0 Å². The van der Waals surface area contributed by atoms with Gasteiger partial charge in [-0.05, 0) is 25.2 Å². The zero-order chi connectivity index (χ0) is 13.7. The van der Waals surface area contributed by atoms with Gasteiger partial charge in [-0.15, -0.1) is 0 Å². The number of nitrogens with one attached hydrogen (secondary N) is 1. The molecule has 0 fully saturated rings. The molecule has 100 valence electrons. The van der Waals surface area contributed by atoms with Gasteiger partial charge in [0.05, 0.1) is 12.6 Å². The molecule has 0 aliphatic rings. The molecule has 0 saturated heterocycles. The second-order valence-electron chi connectivity index (χ2n) is 4.03. The van der Waals surface area contributed by atoms with Gasteiger partial charge in [-0.2, -0.15) is 0 Å². The van der Waals surface area contributed by atoms with Gasteiger partial charge in [-0.25, -0.2) is 0 Å². The summed E-state index contributed by atoms with van der Waals surface area (Å²) in [5.74, 6) is 0.330. The van der Waals surface area contributed by atoms with Crippen LogP contribution in [0, 0.1) is 0 Å². The van der Waals surface area contributed by atoms with Crippen LogP contribution in [0.1, 0.15) is 0 Å². The molecule has 0 radical (unpaired) electrons. The van der Waals surface area contributed by atoms with Gasteiger partial charge in [0.2, 0.25) is 0 Å². The number of rotatable bonds is 5. The van der Waals surface area contributed by atoms with E-state index in [2.05, 4.69) is 15.0 Å². The second-order valence-corrected chi connectivity index (χ2v) is 4.03. The molecule has 1 aromatic heterocycles.